The molecular weight excluding hydrogens is 216 g/mol. The number of nitrogens with zero attached hydrogens (tertiary/aromatic N) is 1. The van der Waals surface area contributed by atoms with Gasteiger partial charge in [0.25, 0.3) is 0 Å². The summed E-state index contributed by atoms with van der Waals surface area (Å²) in [4.78, 5) is 5.22. The van der Waals surface area contributed by atoms with Crippen molar-refractivity contribution in [3.8, 4) is 0 Å². The molecule has 0 aliphatic carbocycles. The second-order valence-corrected chi connectivity index (χ2v) is 4.20. The van der Waals surface area contributed by atoms with Crippen LogP contribution in [-0.2, 0) is 0 Å². The van der Waals surface area contributed by atoms with Gasteiger partial charge < -0.3 is 5.73 Å². The Hall–Kier alpha value is -0.670. The average Bonchev–Trinajstić information content (AvgIpc) is 2.15. The van der Waals surface area contributed by atoms with E-state index in [2.05, 4.69) is 4.99 Å². The highest BCUT2D eigenvalue weighted by atomic mass is 35.5. The average molecular weight is 229 g/mol. The lowest BCUT2D eigenvalue weighted by Gasteiger charge is -2.01. The van der Waals surface area contributed by atoms with Crippen molar-refractivity contribution < 1.29 is 0 Å². The maximum absolute atomic E-state index is 5.85. The van der Waals surface area contributed by atoms with Crippen molar-refractivity contribution in [2.75, 3.05) is 12.3 Å². The first kappa shape index (κ1) is 11.4. The highest BCUT2D eigenvalue weighted by Crippen LogP contribution is 2.21. The van der Waals surface area contributed by atoms with Crippen molar-refractivity contribution >= 4 is 29.2 Å². The molecule has 0 spiro atoms. The molecule has 0 bridgehead atoms. The summed E-state index contributed by atoms with van der Waals surface area (Å²) in [6, 6.07) is 7.72. The fourth-order valence-electron chi connectivity index (χ4n) is 0.963. The summed E-state index contributed by atoms with van der Waals surface area (Å²) in [5, 5.41) is 0.751. The van der Waals surface area contributed by atoms with Crippen LogP contribution < -0.4 is 5.73 Å². The van der Waals surface area contributed by atoms with E-state index >= 15 is 0 Å². The summed E-state index contributed by atoms with van der Waals surface area (Å²) in [5.74, 6) is 1.39. The lowest BCUT2D eigenvalue weighted by molar-refractivity contribution is 1.12. The van der Waals surface area contributed by atoms with Crippen LogP contribution in [-0.4, -0.2) is 18.1 Å². The smallest absolute Gasteiger partial charge is 0.104 e. The van der Waals surface area contributed by atoms with Crippen molar-refractivity contribution in [2.24, 2.45) is 10.7 Å². The molecule has 0 atom stereocenters. The molecule has 0 aromatic heterocycles. The summed E-state index contributed by atoms with van der Waals surface area (Å²) in [6.45, 7) is 2.71. The molecule has 0 aliphatic heterocycles. The molecule has 0 heterocycles. The zero-order valence-corrected chi connectivity index (χ0v) is 9.61. The Balaban J connectivity index is 2.49. The molecule has 1 aromatic rings. The van der Waals surface area contributed by atoms with Crippen LogP contribution in [0.3, 0.4) is 0 Å². The summed E-state index contributed by atoms with van der Waals surface area (Å²) in [5.41, 5.74) is 5.67. The van der Waals surface area contributed by atoms with Crippen molar-refractivity contribution in [3.05, 3.63) is 29.3 Å². The molecule has 0 aliphatic rings. The number of hydrogen-bond donors (Lipinski definition) is 1. The summed E-state index contributed by atoms with van der Waals surface area (Å²) < 4.78 is 0. The number of hydrogen-bond acceptors (Lipinski definition) is 2. The zero-order chi connectivity index (χ0) is 10.4. The molecule has 1 rings (SSSR count). The van der Waals surface area contributed by atoms with Crippen LogP contribution in [0.4, 0.5) is 0 Å². The Bertz CT molecular complexity index is 326. The van der Waals surface area contributed by atoms with Crippen LogP contribution in [0, 0.1) is 0 Å². The Labute approximate surface area is 93.6 Å². The Morgan fingerprint density at radius 2 is 2.36 bits per heavy atom. The van der Waals surface area contributed by atoms with Gasteiger partial charge in [0, 0.05) is 16.5 Å². The number of rotatable bonds is 4. The highest BCUT2D eigenvalue weighted by Gasteiger charge is 1.96. The number of nitrogens with two attached hydrogens (primary N) is 1. The van der Waals surface area contributed by atoms with Gasteiger partial charge in [-0.2, -0.15) is 0 Å². The molecule has 0 radical (unpaired) electrons. The number of benzene rings is 1. The van der Waals surface area contributed by atoms with E-state index in [0.717, 1.165) is 16.5 Å². The van der Waals surface area contributed by atoms with Crippen molar-refractivity contribution in [1.29, 1.82) is 0 Å². The largest absolute Gasteiger partial charge is 0.387 e. The second kappa shape index (κ2) is 5.94. The van der Waals surface area contributed by atoms with Gasteiger partial charge in [0.1, 0.15) is 5.84 Å². The van der Waals surface area contributed by atoms with Gasteiger partial charge in [0.15, 0.2) is 0 Å². The van der Waals surface area contributed by atoms with Gasteiger partial charge in [-0.25, -0.2) is 0 Å². The molecule has 2 nitrogen and oxygen atoms in total. The van der Waals surface area contributed by atoms with Crippen LogP contribution in [0.5, 0.6) is 0 Å². The molecule has 1 aromatic carbocycles. The van der Waals surface area contributed by atoms with Crippen LogP contribution in [0.25, 0.3) is 0 Å². The lowest BCUT2D eigenvalue weighted by Crippen LogP contribution is -2.14. The molecule has 0 saturated carbocycles. The first-order valence-corrected chi connectivity index (χ1v) is 5.76. The number of amidine groups is 1. The molecule has 0 unspecified atom stereocenters. The summed E-state index contributed by atoms with van der Waals surface area (Å²) >= 11 is 7.49. The minimum absolute atomic E-state index is 0.678. The Morgan fingerprint density at radius 1 is 1.57 bits per heavy atom. The zero-order valence-electron chi connectivity index (χ0n) is 8.03. The third-order valence-corrected chi connectivity index (χ3v) is 2.81. The monoisotopic (exact) mass is 228 g/mol. The van der Waals surface area contributed by atoms with E-state index in [0.29, 0.717) is 11.6 Å². The van der Waals surface area contributed by atoms with E-state index < -0.39 is 0 Å². The fraction of sp³-hybridized carbons (Fsp3) is 0.300. The fourth-order valence-corrected chi connectivity index (χ4v) is 2.01. The lowest BCUT2D eigenvalue weighted by atomic mass is 10.4. The van der Waals surface area contributed by atoms with Gasteiger partial charge in [0.2, 0.25) is 0 Å². The third kappa shape index (κ3) is 4.03. The van der Waals surface area contributed by atoms with E-state index in [-0.39, 0.29) is 0 Å². The van der Waals surface area contributed by atoms with E-state index in [1.54, 1.807) is 11.8 Å². The van der Waals surface area contributed by atoms with E-state index in [4.69, 9.17) is 17.3 Å². The third-order valence-electron chi connectivity index (χ3n) is 1.54. The number of thioether (sulfide) groups is 1. The Kier molecular flexibility index (Phi) is 4.84. The van der Waals surface area contributed by atoms with Gasteiger partial charge in [-0.05, 0) is 25.1 Å². The molecule has 0 amide bonds. The van der Waals surface area contributed by atoms with Crippen LogP contribution in [0.15, 0.2) is 34.2 Å². The molecule has 0 saturated heterocycles. The van der Waals surface area contributed by atoms with Gasteiger partial charge in [-0.3, -0.25) is 4.99 Å². The molecule has 76 valence electrons. The van der Waals surface area contributed by atoms with Gasteiger partial charge in [-0.15, -0.1) is 11.8 Å². The van der Waals surface area contributed by atoms with E-state index in [9.17, 15) is 0 Å². The summed E-state index contributed by atoms with van der Waals surface area (Å²) in [6.07, 6.45) is 0. The molecule has 0 fully saturated rings. The van der Waals surface area contributed by atoms with Crippen molar-refractivity contribution in [3.63, 3.8) is 0 Å². The normalized spacial score (nSPS) is 11.7. The molecule has 2 N–H and O–H groups in total. The summed E-state index contributed by atoms with van der Waals surface area (Å²) in [7, 11) is 0. The Morgan fingerprint density at radius 3 is 3.00 bits per heavy atom. The second-order valence-electron chi connectivity index (χ2n) is 2.71. The minimum atomic E-state index is 0.678. The highest BCUT2D eigenvalue weighted by molar-refractivity contribution is 8.00. The molecule has 14 heavy (non-hydrogen) atoms. The minimum Gasteiger partial charge on any atom is -0.387 e. The SMILES string of the molecule is CCN=C(N)CSc1cccc(Cl)c1. The topological polar surface area (TPSA) is 38.4 Å². The van der Waals surface area contributed by atoms with Crippen LogP contribution in [0.2, 0.25) is 5.02 Å². The van der Waals surface area contributed by atoms with Crippen LogP contribution >= 0.6 is 23.4 Å². The number of aliphatic imine (C=N–C) groups is 1. The predicted molar refractivity (Wildman–Crippen MR) is 64.3 cm³/mol. The quantitative estimate of drug-likeness (QED) is 0.489. The van der Waals surface area contributed by atoms with Crippen LogP contribution in [0.1, 0.15) is 6.92 Å². The van der Waals surface area contributed by atoms with Gasteiger partial charge in [-0.1, -0.05) is 17.7 Å². The van der Waals surface area contributed by atoms with Gasteiger partial charge >= 0.3 is 0 Å². The molecular formula is C10H13ClN2S. The van der Waals surface area contributed by atoms with Gasteiger partial charge in [0.05, 0.1) is 5.75 Å². The first-order valence-electron chi connectivity index (χ1n) is 4.39. The number of halogens is 1. The van der Waals surface area contributed by atoms with Crippen molar-refractivity contribution in [1.82, 2.24) is 0 Å². The molecule has 4 heteroatoms. The maximum Gasteiger partial charge on any atom is 0.104 e. The standard InChI is InChI=1S/C10H13ClN2S/c1-2-13-10(12)7-14-9-5-3-4-8(11)6-9/h3-6H,2,7H2,1H3,(H2,12,13). The first-order chi connectivity index (χ1) is 6.72. The maximum atomic E-state index is 5.85. The van der Waals surface area contributed by atoms with Crippen molar-refractivity contribution in [2.45, 2.75) is 11.8 Å². The predicted octanol–water partition coefficient (Wildman–Crippen LogP) is 2.81. The van der Waals surface area contributed by atoms with E-state index in [1.807, 2.05) is 31.2 Å². The van der Waals surface area contributed by atoms with E-state index in [1.165, 1.54) is 0 Å².